The van der Waals surface area contributed by atoms with Gasteiger partial charge in [0.05, 0.1) is 25.3 Å². The average molecular weight is 290 g/mol. The molecule has 1 aliphatic heterocycles. The van der Waals surface area contributed by atoms with Gasteiger partial charge >= 0.3 is 0 Å². The first kappa shape index (κ1) is 15.5. The Morgan fingerprint density at radius 1 is 1.29 bits per heavy atom. The van der Waals surface area contributed by atoms with Gasteiger partial charge in [-0.05, 0) is 44.5 Å². The molecule has 114 valence electrons. The zero-order valence-electron chi connectivity index (χ0n) is 13.0. The van der Waals surface area contributed by atoms with Crippen LogP contribution in [0.1, 0.15) is 33.6 Å². The standard InChI is InChI=1S/C16H22N2O3/c1-5-16(2,3)17-13-10-14(19)18(15(13)20)11-6-8-12(21-4)9-7-11/h6-9,13,17H,5,10H2,1-4H3. The van der Waals surface area contributed by atoms with Crippen LogP contribution in [0.5, 0.6) is 5.75 Å². The molecule has 1 aromatic rings. The molecule has 0 radical (unpaired) electrons. The Morgan fingerprint density at radius 3 is 2.43 bits per heavy atom. The van der Waals surface area contributed by atoms with Crippen LogP contribution in [0, 0.1) is 0 Å². The van der Waals surface area contributed by atoms with Crippen LogP contribution in [-0.2, 0) is 9.59 Å². The summed E-state index contributed by atoms with van der Waals surface area (Å²) in [6.45, 7) is 6.11. The number of amides is 2. The van der Waals surface area contributed by atoms with Crippen molar-refractivity contribution in [1.29, 1.82) is 0 Å². The van der Waals surface area contributed by atoms with E-state index in [0.29, 0.717) is 11.4 Å². The Balaban J connectivity index is 2.18. The monoisotopic (exact) mass is 290 g/mol. The van der Waals surface area contributed by atoms with Crippen LogP contribution in [0.2, 0.25) is 0 Å². The smallest absolute Gasteiger partial charge is 0.251 e. The molecule has 1 heterocycles. The second-order valence-electron chi connectivity index (χ2n) is 5.90. The van der Waals surface area contributed by atoms with Gasteiger partial charge in [-0.3, -0.25) is 9.59 Å². The lowest BCUT2D eigenvalue weighted by Crippen LogP contribution is -2.49. The van der Waals surface area contributed by atoms with Crippen molar-refractivity contribution in [3.63, 3.8) is 0 Å². The first-order chi connectivity index (χ1) is 9.88. The van der Waals surface area contributed by atoms with Crippen LogP contribution in [0.4, 0.5) is 5.69 Å². The van der Waals surface area contributed by atoms with Crippen molar-refractivity contribution < 1.29 is 14.3 Å². The Morgan fingerprint density at radius 2 is 1.90 bits per heavy atom. The molecule has 1 aliphatic rings. The van der Waals surface area contributed by atoms with E-state index < -0.39 is 6.04 Å². The molecule has 5 nitrogen and oxygen atoms in total. The fourth-order valence-corrected chi connectivity index (χ4v) is 2.32. The summed E-state index contributed by atoms with van der Waals surface area (Å²) < 4.78 is 5.09. The van der Waals surface area contributed by atoms with Gasteiger partial charge in [0.15, 0.2) is 0 Å². The van der Waals surface area contributed by atoms with E-state index >= 15 is 0 Å². The number of nitrogens with one attached hydrogen (secondary N) is 1. The maximum Gasteiger partial charge on any atom is 0.251 e. The molecule has 5 heteroatoms. The summed E-state index contributed by atoms with van der Waals surface area (Å²) in [5, 5.41) is 3.27. The summed E-state index contributed by atoms with van der Waals surface area (Å²) in [5.41, 5.74) is 0.417. The van der Waals surface area contributed by atoms with Crippen LogP contribution < -0.4 is 15.0 Å². The van der Waals surface area contributed by atoms with E-state index in [9.17, 15) is 9.59 Å². The zero-order valence-corrected chi connectivity index (χ0v) is 13.0. The lowest BCUT2D eigenvalue weighted by Gasteiger charge is -2.27. The third kappa shape index (κ3) is 3.24. The molecule has 1 atom stereocenters. The minimum atomic E-state index is -0.449. The maximum atomic E-state index is 12.5. The van der Waals surface area contributed by atoms with E-state index in [0.717, 1.165) is 6.42 Å². The molecular formula is C16H22N2O3. The highest BCUT2D eigenvalue weighted by atomic mass is 16.5. The minimum absolute atomic E-state index is 0.170. The van der Waals surface area contributed by atoms with Crippen molar-refractivity contribution in [2.24, 2.45) is 0 Å². The van der Waals surface area contributed by atoms with E-state index in [2.05, 4.69) is 12.2 Å². The number of imide groups is 1. The number of methoxy groups -OCH3 is 1. The largest absolute Gasteiger partial charge is 0.497 e. The van der Waals surface area contributed by atoms with E-state index in [1.165, 1.54) is 4.90 Å². The van der Waals surface area contributed by atoms with Crippen LogP contribution in [0.25, 0.3) is 0 Å². The van der Waals surface area contributed by atoms with Gasteiger partial charge in [0, 0.05) is 5.54 Å². The lowest BCUT2D eigenvalue weighted by atomic mass is 10.00. The van der Waals surface area contributed by atoms with E-state index in [1.807, 2.05) is 13.8 Å². The molecule has 21 heavy (non-hydrogen) atoms. The van der Waals surface area contributed by atoms with Gasteiger partial charge in [0.2, 0.25) is 5.91 Å². The molecule has 0 aliphatic carbocycles. The van der Waals surface area contributed by atoms with E-state index in [4.69, 9.17) is 4.74 Å². The number of benzene rings is 1. The third-order valence-electron chi connectivity index (χ3n) is 3.93. The summed E-state index contributed by atoms with van der Waals surface area (Å²) >= 11 is 0. The summed E-state index contributed by atoms with van der Waals surface area (Å²) in [5.74, 6) is 0.334. The number of nitrogens with zero attached hydrogens (tertiary/aromatic N) is 1. The predicted octanol–water partition coefficient (Wildman–Crippen LogP) is 2.11. The number of anilines is 1. The molecule has 2 amide bonds. The van der Waals surface area contributed by atoms with Crippen molar-refractivity contribution in [3.05, 3.63) is 24.3 Å². The molecule has 1 saturated heterocycles. The fourth-order valence-electron chi connectivity index (χ4n) is 2.32. The van der Waals surface area contributed by atoms with Crippen molar-refractivity contribution in [2.45, 2.75) is 45.2 Å². The SMILES string of the molecule is CCC(C)(C)NC1CC(=O)N(c2ccc(OC)cc2)C1=O. The molecule has 1 aromatic carbocycles. The van der Waals surface area contributed by atoms with Crippen molar-refractivity contribution in [3.8, 4) is 5.75 Å². The van der Waals surface area contributed by atoms with Crippen molar-refractivity contribution in [2.75, 3.05) is 12.0 Å². The first-order valence-corrected chi connectivity index (χ1v) is 7.16. The Kier molecular flexibility index (Phi) is 4.32. The Bertz CT molecular complexity index is 537. The number of ether oxygens (including phenoxy) is 1. The van der Waals surface area contributed by atoms with Gasteiger partial charge in [0.25, 0.3) is 5.91 Å². The second-order valence-corrected chi connectivity index (χ2v) is 5.90. The van der Waals surface area contributed by atoms with Gasteiger partial charge in [-0.1, -0.05) is 6.92 Å². The summed E-state index contributed by atoms with van der Waals surface area (Å²) in [6, 6.07) is 6.48. The number of carbonyl (C=O) groups excluding carboxylic acids is 2. The number of hydrogen-bond acceptors (Lipinski definition) is 4. The predicted molar refractivity (Wildman–Crippen MR) is 81.4 cm³/mol. The quantitative estimate of drug-likeness (QED) is 0.844. The highest BCUT2D eigenvalue weighted by molar-refractivity contribution is 6.22. The van der Waals surface area contributed by atoms with Gasteiger partial charge in [-0.25, -0.2) is 4.90 Å². The molecule has 2 rings (SSSR count). The van der Waals surface area contributed by atoms with Crippen molar-refractivity contribution in [1.82, 2.24) is 5.32 Å². The van der Waals surface area contributed by atoms with Crippen LogP contribution in [0.15, 0.2) is 24.3 Å². The molecule has 1 N–H and O–H groups in total. The number of rotatable bonds is 5. The third-order valence-corrected chi connectivity index (χ3v) is 3.93. The van der Waals surface area contributed by atoms with E-state index in [-0.39, 0.29) is 23.8 Å². The van der Waals surface area contributed by atoms with Crippen LogP contribution >= 0.6 is 0 Å². The zero-order chi connectivity index (χ0) is 15.6. The summed E-state index contributed by atoms with van der Waals surface area (Å²) in [6.07, 6.45) is 1.09. The van der Waals surface area contributed by atoms with Gasteiger partial charge in [0.1, 0.15) is 5.75 Å². The molecule has 0 spiro atoms. The topological polar surface area (TPSA) is 58.6 Å². The molecule has 1 fully saturated rings. The van der Waals surface area contributed by atoms with Crippen LogP contribution in [-0.4, -0.2) is 30.5 Å². The lowest BCUT2D eigenvalue weighted by molar-refractivity contribution is -0.121. The molecule has 0 bridgehead atoms. The second kappa shape index (κ2) is 5.85. The van der Waals surface area contributed by atoms with Gasteiger partial charge in [-0.15, -0.1) is 0 Å². The highest BCUT2D eigenvalue weighted by Gasteiger charge is 2.41. The Labute approximate surface area is 125 Å². The first-order valence-electron chi connectivity index (χ1n) is 7.16. The number of hydrogen-bond donors (Lipinski definition) is 1. The molecule has 1 unspecified atom stereocenters. The van der Waals surface area contributed by atoms with E-state index in [1.54, 1.807) is 31.4 Å². The normalized spacial score (nSPS) is 19.2. The van der Waals surface area contributed by atoms with Gasteiger partial charge < -0.3 is 10.1 Å². The molecule has 0 aromatic heterocycles. The van der Waals surface area contributed by atoms with Crippen LogP contribution in [0.3, 0.4) is 0 Å². The van der Waals surface area contributed by atoms with Gasteiger partial charge in [-0.2, -0.15) is 0 Å². The molecule has 0 saturated carbocycles. The molecular weight excluding hydrogens is 268 g/mol. The summed E-state index contributed by atoms with van der Waals surface area (Å²) in [7, 11) is 1.58. The van der Waals surface area contributed by atoms with Crippen molar-refractivity contribution >= 4 is 17.5 Å². The highest BCUT2D eigenvalue weighted by Crippen LogP contribution is 2.26. The Hall–Kier alpha value is -1.88. The summed E-state index contributed by atoms with van der Waals surface area (Å²) in [4.78, 5) is 25.9. The fraction of sp³-hybridized carbons (Fsp3) is 0.500. The maximum absolute atomic E-state index is 12.5. The minimum Gasteiger partial charge on any atom is -0.497 e. The average Bonchev–Trinajstić information content (AvgIpc) is 2.73. The number of carbonyl (C=O) groups is 2.